The van der Waals surface area contributed by atoms with Crippen LogP contribution in [0.15, 0.2) is 42.5 Å². The lowest BCUT2D eigenvalue weighted by Crippen LogP contribution is -2.48. The minimum absolute atomic E-state index is 0.0284. The van der Waals surface area contributed by atoms with Gasteiger partial charge in [-0.3, -0.25) is 9.59 Å². The van der Waals surface area contributed by atoms with Crippen LogP contribution in [0.2, 0.25) is 0 Å². The molecule has 0 aliphatic carbocycles. The lowest BCUT2D eigenvalue weighted by atomic mass is 9.77. The molecule has 4 rings (SSSR count). The number of nitrogens with one attached hydrogen (secondary N) is 1. The maximum absolute atomic E-state index is 12.6. The molecule has 2 amide bonds. The highest BCUT2D eigenvalue weighted by Crippen LogP contribution is 2.40. The first-order valence-electron chi connectivity index (χ1n) is 10.2. The molecular formula is C23H29N3O2. The Bertz CT molecular complexity index is 886. The lowest BCUT2D eigenvalue weighted by molar-refractivity contribution is -0.137. The van der Waals surface area contributed by atoms with Gasteiger partial charge in [0, 0.05) is 31.7 Å². The standard InChI is InChI=1S/C23H29N3O2/c1-17(16-26-13-10-23(11-14-26)9-12-25(2)22(23)28)24-21(27)20-8-7-18-5-3-4-6-19(18)15-20/h3-8,15,17H,9-14,16H2,1-2H3,(H,24,27)/t17-/m0/s1. The maximum Gasteiger partial charge on any atom is 0.251 e. The number of fused-ring (bicyclic) bond motifs is 1. The molecule has 2 fully saturated rings. The monoisotopic (exact) mass is 379 g/mol. The number of carbonyl (C=O) groups excluding carboxylic acids is 2. The first kappa shape index (κ1) is 18.9. The molecule has 0 saturated carbocycles. The van der Waals surface area contributed by atoms with Crippen molar-refractivity contribution in [3.05, 3.63) is 48.0 Å². The molecule has 0 radical (unpaired) electrons. The van der Waals surface area contributed by atoms with Crippen molar-refractivity contribution >= 4 is 22.6 Å². The van der Waals surface area contributed by atoms with Gasteiger partial charge >= 0.3 is 0 Å². The Morgan fingerprint density at radius 2 is 1.75 bits per heavy atom. The Morgan fingerprint density at radius 3 is 2.43 bits per heavy atom. The minimum atomic E-state index is -0.122. The molecule has 1 atom stereocenters. The molecule has 0 unspecified atom stereocenters. The van der Waals surface area contributed by atoms with Crippen LogP contribution in [0.1, 0.15) is 36.5 Å². The molecule has 0 bridgehead atoms. The van der Waals surface area contributed by atoms with Crippen LogP contribution < -0.4 is 5.32 Å². The molecule has 2 aliphatic heterocycles. The van der Waals surface area contributed by atoms with Crippen molar-refractivity contribution in [2.45, 2.75) is 32.2 Å². The van der Waals surface area contributed by atoms with Gasteiger partial charge in [-0.25, -0.2) is 0 Å². The van der Waals surface area contributed by atoms with Crippen LogP contribution in [0.25, 0.3) is 10.8 Å². The largest absolute Gasteiger partial charge is 0.348 e. The normalized spacial score (nSPS) is 20.6. The molecule has 5 heteroatoms. The highest BCUT2D eigenvalue weighted by atomic mass is 16.2. The van der Waals surface area contributed by atoms with Crippen LogP contribution >= 0.6 is 0 Å². The van der Waals surface area contributed by atoms with Crippen molar-refractivity contribution in [2.24, 2.45) is 5.41 Å². The summed E-state index contributed by atoms with van der Waals surface area (Å²) in [5.41, 5.74) is 0.575. The zero-order valence-corrected chi connectivity index (χ0v) is 16.8. The zero-order valence-electron chi connectivity index (χ0n) is 16.8. The number of rotatable bonds is 4. The average Bonchev–Trinajstić information content (AvgIpc) is 2.98. The van der Waals surface area contributed by atoms with Crippen LogP contribution in [0.5, 0.6) is 0 Å². The molecular weight excluding hydrogens is 350 g/mol. The number of carbonyl (C=O) groups is 2. The van der Waals surface area contributed by atoms with E-state index in [2.05, 4.69) is 23.2 Å². The van der Waals surface area contributed by atoms with Gasteiger partial charge in [-0.15, -0.1) is 0 Å². The van der Waals surface area contributed by atoms with Gasteiger partial charge in [0.2, 0.25) is 5.91 Å². The van der Waals surface area contributed by atoms with Crippen molar-refractivity contribution in [3.63, 3.8) is 0 Å². The van der Waals surface area contributed by atoms with Gasteiger partial charge in [-0.2, -0.15) is 0 Å². The average molecular weight is 380 g/mol. The number of hydrogen-bond donors (Lipinski definition) is 1. The Kier molecular flexibility index (Phi) is 5.11. The number of hydrogen-bond acceptors (Lipinski definition) is 3. The third-order valence-corrected chi connectivity index (χ3v) is 6.46. The summed E-state index contributed by atoms with van der Waals surface area (Å²) in [6.07, 6.45) is 2.85. The van der Waals surface area contributed by atoms with E-state index in [9.17, 15) is 9.59 Å². The molecule has 2 aromatic rings. The van der Waals surface area contributed by atoms with Gasteiger partial charge in [-0.1, -0.05) is 30.3 Å². The van der Waals surface area contributed by atoms with Gasteiger partial charge in [-0.05, 0) is 62.2 Å². The highest BCUT2D eigenvalue weighted by molar-refractivity contribution is 5.98. The van der Waals surface area contributed by atoms with Crippen LogP contribution in [-0.2, 0) is 4.79 Å². The molecule has 5 nitrogen and oxygen atoms in total. The third-order valence-electron chi connectivity index (χ3n) is 6.46. The number of likely N-dealkylation sites (tertiary alicyclic amines) is 2. The van der Waals surface area contributed by atoms with Crippen molar-refractivity contribution in [2.75, 3.05) is 33.2 Å². The van der Waals surface area contributed by atoms with Gasteiger partial charge in [0.25, 0.3) is 5.91 Å². The molecule has 2 aromatic carbocycles. The quantitative estimate of drug-likeness (QED) is 0.889. The van der Waals surface area contributed by atoms with Crippen LogP contribution in [0, 0.1) is 5.41 Å². The van der Waals surface area contributed by atoms with Crippen molar-refractivity contribution in [1.82, 2.24) is 15.1 Å². The number of amides is 2. The second-order valence-corrected chi connectivity index (χ2v) is 8.49. The summed E-state index contributed by atoms with van der Waals surface area (Å²) in [6, 6.07) is 14.0. The summed E-state index contributed by atoms with van der Waals surface area (Å²) in [7, 11) is 1.91. The van der Waals surface area contributed by atoms with Crippen molar-refractivity contribution < 1.29 is 9.59 Å². The first-order chi connectivity index (χ1) is 13.5. The number of nitrogens with zero attached hydrogens (tertiary/aromatic N) is 2. The molecule has 28 heavy (non-hydrogen) atoms. The fraction of sp³-hybridized carbons (Fsp3) is 0.478. The van der Waals surface area contributed by atoms with Crippen LogP contribution in [-0.4, -0.2) is 60.9 Å². The van der Waals surface area contributed by atoms with Crippen LogP contribution in [0.3, 0.4) is 0 Å². The topological polar surface area (TPSA) is 52.6 Å². The predicted octanol–water partition coefficient (Wildman–Crippen LogP) is 2.90. The highest BCUT2D eigenvalue weighted by Gasteiger charge is 2.46. The first-order valence-corrected chi connectivity index (χ1v) is 10.2. The van der Waals surface area contributed by atoms with E-state index in [-0.39, 0.29) is 17.4 Å². The molecule has 148 valence electrons. The molecule has 2 heterocycles. The second-order valence-electron chi connectivity index (χ2n) is 8.49. The number of piperidine rings is 1. The van der Waals surface area contributed by atoms with E-state index in [1.165, 1.54) is 0 Å². The van der Waals surface area contributed by atoms with E-state index in [0.29, 0.717) is 11.5 Å². The number of benzene rings is 2. The smallest absolute Gasteiger partial charge is 0.251 e. The van der Waals surface area contributed by atoms with E-state index in [1.54, 1.807) is 0 Å². The Labute approximate surface area is 166 Å². The summed E-state index contributed by atoms with van der Waals surface area (Å²) in [6.45, 7) is 5.61. The zero-order chi connectivity index (χ0) is 19.7. The van der Waals surface area contributed by atoms with E-state index in [0.717, 1.165) is 56.2 Å². The molecule has 1 N–H and O–H groups in total. The summed E-state index contributed by atoms with van der Waals surface area (Å²) >= 11 is 0. The maximum atomic E-state index is 12.6. The molecule has 0 aromatic heterocycles. The Morgan fingerprint density at radius 1 is 1.07 bits per heavy atom. The SMILES string of the molecule is C[C@@H](CN1CCC2(CC1)CCN(C)C2=O)NC(=O)c1ccc2ccccc2c1. The lowest BCUT2D eigenvalue weighted by Gasteiger charge is -2.38. The minimum Gasteiger partial charge on any atom is -0.348 e. The fourth-order valence-corrected chi connectivity index (χ4v) is 4.69. The second kappa shape index (κ2) is 7.55. The molecule has 1 spiro atoms. The predicted molar refractivity (Wildman–Crippen MR) is 111 cm³/mol. The fourth-order valence-electron chi connectivity index (χ4n) is 4.69. The van der Waals surface area contributed by atoms with E-state index >= 15 is 0 Å². The van der Waals surface area contributed by atoms with Gasteiger partial charge in [0.15, 0.2) is 0 Å². The third kappa shape index (κ3) is 3.63. The molecule has 2 aliphatic rings. The Balaban J connectivity index is 1.31. The van der Waals surface area contributed by atoms with Crippen LogP contribution in [0.4, 0.5) is 0 Å². The van der Waals surface area contributed by atoms with E-state index in [1.807, 2.05) is 48.3 Å². The molecule has 2 saturated heterocycles. The summed E-state index contributed by atoms with van der Waals surface area (Å²) in [4.78, 5) is 29.4. The van der Waals surface area contributed by atoms with E-state index < -0.39 is 0 Å². The summed E-state index contributed by atoms with van der Waals surface area (Å²) in [5.74, 6) is 0.295. The summed E-state index contributed by atoms with van der Waals surface area (Å²) < 4.78 is 0. The Hall–Kier alpha value is -2.40. The van der Waals surface area contributed by atoms with Gasteiger partial charge < -0.3 is 15.1 Å². The van der Waals surface area contributed by atoms with Crippen molar-refractivity contribution in [3.8, 4) is 0 Å². The van der Waals surface area contributed by atoms with Gasteiger partial charge in [0.05, 0.1) is 5.41 Å². The van der Waals surface area contributed by atoms with Crippen molar-refractivity contribution in [1.29, 1.82) is 0 Å². The summed E-state index contributed by atoms with van der Waals surface area (Å²) in [5, 5.41) is 5.35. The van der Waals surface area contributed by atoms with E-state index in [4.69, 9.17) is 0 Å². The van der Waals surface area contributed by atoms with Gasteiger partial charge in [0.1, 0.15) is 0 Å².